The Balaban J connectivity index is 1.85. The van der Waals surface area contributed by atoms with Crippen molar-refractivity contribution >= 4 is 5.69 Å². The molecule has 1 aliphatic heterocycles. The predicted molar refractivity (Wildman–Crippen MR) is 84.0 cm³/mol. The number of halogens is 1. The maximum atomic E-state index is 13.8. The zero-order valence-corrected chi connectivity index (χ0v) is 12.1. The van der Waals surface area contributed by atoms with Gasteiger partial charge in [0, 0.05) is 11.1 Å². The third kappa shape index (κ3) is 1.97. The van der Waals surface area contributed by atoms with Crippen LogP contribution in [0.15, 0.2) is 48.5 Å². The van der Waals surface area contributed by atoms with Crippen molar-refractivity contribution in [2.45, 2.75) is 43.6 Å². The van der Waals surface area contributed by atoms with E-state index in [-0.39, 0.29) is 17.3 Å². The highest BCUT2D eigenvalue weighted by Crippen LogP contribution is 2.56. The molecule has 0 saturated heterocycles. The predicted octanol–water partition coefficient (Wildman–Crippen LogP) is 5.19. The lowest BCUT2D eigenvalue weighted by Gasteiger charge is -2.39. The highest BCUT2D eigenvalue weighted by Gasteiger charge is 2.47. The minimum atomic E-state index is -0.116. The first-order valence-corrected chi connectivity index (χ1v) is 7.91. The van der Waals surface area contributed by atoms with Crippen LogP contribution in [0.1, 0.15) is 49.3 Å². The van der Waals surface area contributed by atoms with Crippen molar-refractivity contribution in [2.24, 2.45) is 0 Å². The minimum Gasteiger partial charge on any atom is -0.377 e. The molecule has 1 heterocycles. The van der Waals surface area contributed by atoms with Crippen LogP contribution < -0.4 is 5.32 Å². The van der Waals surface area contributed by atoms with Crippen LogP contribution in [-0.4, -0.2) is 0 Å². The Morgan fingerprint density at radius 3 is 2.48 bits per heavy atom. The summed E-state index contributed by atoms with van der Waals surface area (Å²) >= 11 is 0. The maximum absolute atomic E-state index is 13.8. The first kappa shape index (κ1) is 12.9. The molecule has 1 fully saturated rings. The van der Waals surface area contributed by atoms with Crippen molar-refractivity contribution in [2.75, 3.05) is 5.32 Å². The van der Waals surface area contributed by atoms with E-state index in [0.29, 0.717) is 0 Å². The van der Waals surface area contributed by atoms with E-state index in [1.807, 2.05) is 6.07 Å². The fourth-order valence-corrected chi connectivity index (χ4v) is 4.29. The molecule has 1 atom stereocenters. The molecule has 2 aliphatic rings. The summed E-state index contributed by atoms with van der Waals surface area (Å²) < 4.78 is 13.8. The van der Waals surface area contributed by atoms with E-state index in [2.05, 4.69) is 35.6 Å². The van der Waals surface area contributed by atoms with Gasteiger partial charge in [0.05, 0.1) is 6.04 Å². The third-order valence-electron chi connectivity index (χ3n) is 5.25. The van der Waals surface area contributed by atoms with E-state index in [0.717, 1.165) is 18.5 Å². The normalized spacial score (nSPS) is 22.8. The van der Waals surface area contributed by atoms with Gasteiger partial charge in [0.25, 0.3) is 0 Å². The van der Waals surface area contributed by atoms with Gasteiger partial charge in [0.2, 0.25) is 0 Å². The topological polar surface area (TPSA) is 12.0 Å². The molecule has 0 unspecified atom stereocenters. The second-order valence-corrected chi connectivity index (χ2v) is 6.39. The van der Waals surface area contributed by atoms with E-state index >= 15 is 0 Å². The van der Waals surface area contributed by atoms with E-state index < -0.39 is 0 Å². The van der Waals surface area contributed by atoms with Crippen LogP contribution in [0.2, 0.25) is 0 Å². The molecule has 1 N–H and O–H groups in total. The van der Waals surface area contributed by atoms with Crippen LogP contribution in [0.4, 0.5) is 10.1 Å². The third-order valence-corrected chi connectivity index (χ3v) is 5.25. The summed E-state index contributed by atoms with van der Waals surface area (Å²) in [6.07, 6.45) is 6.07. The summed E-state index contributed by atoms with van der Waals surface area (Å²) in [5.74, 6) is -0.116. The molecule has 108 valence electrons. The lowest BCUT2D eigenvalue weighted by atomic mass is 9.65. The fourth-order valence-electron chi connectivity index (χ4n) is 4.29. The summed E-state index contributed by atoms with van der Waals surface area (Å²) in [7, 11) is 0. The van der Waals surface area contributed by atoms with E-state index in [1.54, 1.807) is 12.1 Å². The molecule has 0 aromatic heterocycles. The monoisotopic (exact) mass is 281 g/mol. The van der Waals surface area contributed by atoms with Gasteiger partial charge in [0.15, 0.2) is 0 Å². The van der Waals surface area contributed by atoms with Gasteiger partial charge in [-0.2, -0.15) is 0 Å². The summed E-state index contributed by atoms with van der Waals surface area (Å²) in [5, 5.41) is 3.67. The van der Waals surface area contributed by atoms with Crippen LogP contribution in [0.5, 0.6) is 0 Å². The van der Waals surface area contributed by atoms with Crippen molar-refractivity contribution in [3.63, 3.8) is 0 Å². The van der Waals surface area contributed by atoms with Crippen molar-refractivity contribution < 1.29 is 4.39 Å². The number of hydrogen-bond donors (Lipinski definition) is 1. The van der Waals surface area contributed by atoms with Crippen LogP contribution >= 0.6 is 0 Å². The zero-order valence-electron chi connectivity index (χ0n) is 12.1. The number of benzene rings is 2. The fraction of sp³-hybridized carbons (Fsp3) is 0.368. The summed E-state index contributed by atoms with van der Waals surface area (Å²) in [6, 6.07) is 16.1. The molecular weight excluding hydrogens is 261 g/mol. The number of rotatable bonds is 1. The molecule has 2 aromatic rings. The summed E-state index contributed by atoms with van der Waals surface area (Å²) in [5.41, 5.74) is 3.69. The first-order valence-electron chi connectivity index (χ1n) is 7.91. The standard InChI is InChI=1S/C19H20FN/c20-15-9-10-17-16(13-15)19(11-5-2-6-12-19)18(21-17)14-7-3-1-4-8-14/h1,3-4,7-10,13,18,21H,2,5-6,11-12H2/t18-/m0/s1. The molecule has 2 aromatic carbocycles. The summed E-state index contributed by atoms with van der Waals surface area (Å²) in [4.78, 5) is 0. The molecule has 1 saturated carbocycles. The Morgan fingerprint density at radius 1 is 0.952 bits per heavy atom. The zero-order chi connectivity index (χ0) is 14.3. The molecule has 1 aliphatic carbocycles. The molecule has 0 amide bonds. The van der Waals surface area contributed by atoms with Crippen molar-refractivity contribution in [1.29, 1.82) is 0 Å². The number of hydrogen-bond acceptors (Lipinski definition) is 1. The molecule has 21 heavy (non-hydrogen) atoms. The second kappa shape index (κ2) is 4.87. The van der Waals surface area contributed by atoms with Gasteiger partial charge in [-0.3, -0.25) is 0 Å². The lowest BCUT2D eigenvalue weighted by molar-refractivity contribution is 0.269. The Labute approximate surface area is 125 Å². The van der Waals surface area contributed by atoms with Gasteiger partial charge in [0.1, 0.15) is 5.82 Å². The largest absolute Gasteiger partial charge is 0.377 e. The van der Waals surface area contributed by atoms with Crippen LogP contribution in [0.25, 0.3) is 0 Å². The van der Waals surface area contributed by atoms with Crippen LogP contribution in [0, 0.1) is 5.82 Å². The number of anilines is 1. The Hall–Kier alpha value is -1.83. The first-order chi connectivity index (χ1) is 10.3. The molecule has 2 heteroatoms. The Bertz CT molecular complexity index is 644. The van der Waals surface area contributed by atoms with Crippen molar-refractivity contribution in [1.82, 2.24) is 0 Å². The van der Waals surface area contributed by atoms with E-state index in [4.69, 9.17) is 0 Å². The van der Waals surface area contributed by atoms with Gasteiger partial charge in [-0.1, -0.05) is 49.6 Å². The number of fused-ring (bicyclic) bond motifs is 2. The Morgan fingerprint density at radius 2 is 1.71 bits per heavy atom. The Kier molecular flexibility index (Phi) is 2.99. The van der Waals surface area contributed by atoms with Gasteiger partial charge in [-0.25, -0.2) is 4.39 Å². The van der Waals surface area contributed by atoms with Gasteiger partial charge >= 0.3 is 0 Å². The highest BCUT2D eigenvalue weighted by molar-refractivity contribution is 5.64. The average Bonchev–Trinajstić information content (AvgIpc) is 2.83. The van der Waals surface area contributed by atoms with Gasteiger partial charge < -0.3 is 5.32 Å². The summed E-state index contributed by atoms with van der Waals surface area (Å²) in [6.45, 7) is 0. The lowest BCUT2D eigenvalue weighted by Crippen LogP contribution is -2.34. The smallest absolute Gasteiger partial charge is 0.123 e. The van der Waals surface area contributed by atoms with Crippen LogP contribution in [-0.2, 0) is 5.41 Å². The molecular formula is C19H20FN. The van der Waals surface area contributed by atoms with Crippen molar-refractivity contribution in [3.05, 3.63) is 65.5 Å². The van der Waals surface area contributed by atoms with Crippen LogP contribution in [0.3, 0.4) is 0 Å². The SMILES string of the molecule is Fc1ccc2c(c1)C1(CCCCC1)[C@H](c1ccccc1)N2. The van der Waals surface area contributed by atoms with E-state index in [1.165, 1.54) is 30.4 Å². The minimum absolute atomic E-state index is 0.0665. The average molecular weight is 281 g/mol. The number of nitrogens with one attached hydrogen (secondary N) is 1. The molecule has 0 bridgehead atoms. The van der Waals surface area contributed by atoms with E-state index in [9.17, 15) is 4.39 Å². The highest BCUT2D eigenvalue weighted by atomic mass is 19.1. The molecule has 1 nitrogen and oxygen atoms in total. The second-order valence-electron chi connectivity index (χ2n) is 6.39. The molecule has 4 rings (SSSR count). The quantitative estimate of drug-likeness (QED) is 0.758. The van der Waals surface area contributed by atoms with Gasteiger partial charge in [-0.05, 0) is 42.2 Å². The maximum Gasteiger partial charge on any atom is 0.123 e. The van der Waals surface area contributed by atoms with Gasteiger partial charge in [-0.15, -0.1) is 0 Å². The van der Waals surface area contributed by atoms with Crippen molar-refractivity contribution in [3.8, 4) is 0 Å². The molecule has 1 spiro atoms. The molecule has 0 radical (unpaired) electrons.